The minimum Gasteiger partial charge on any atom is -0.481 e. The fourth-order valence-corrected chi connectivity index (χ4v) is 2.68. The Balaban J connectivity index is -0.000000449. The predicted octanol–water partition coefficient (Wildman–Crippen LogP) is 2.95. The van der Waals surface area contributed by atoms with Crippen LogP contribution in [0.5, 0.6) is 0 Å². The number of carbonyl (C=O) groups is 2. The molecule has 0 radical (unpaired) electrons. The molecule has 0 saturated heterocycles. The lowest BCUT2D eigenvalue weighted by atomic mass is 9.88. The summed E-state index contributed by atoms with van der Waals surface area (Å²) in [5.41, 5.74) is -0.667. The minimum absolute atomic E-state index is 0.156. The Morgan fingerprint density at radius 2 is 0.788 bits per heavy atom. The zero-order valence-corrected chi connectivity index (χ0v) is 20.6. The van der Waals surface area contributed by atoms with Crippen molar-refractivity contribution in [3.8, 4) is 0 Å². The quantitative estimate of drug-likeness (QED) is 0.129. The molecule has 0 aromatic heterocycles. The van der Waals surface area contributed by atoms with Crippen molar-refractivity contribution in [1.82, 2.24) is 0 Å². The molecular formula is C24H50O9. The van der Waals surface area contributed by atoms with Crippen molar-refractivity contribution < 1.29 is 45.3 Å². The Kier molecular flexibility index (Phi) is 31.7. The third-order valence-electron chi connectivity index (χ3n) is 5.35. The molecule has 0 aliphatic rings. The van der Waals surface area contributed by atoms with Gasteiger partial charge in [-0.25, -0.2) is 0 Å². The molecule has 7 N–H and O–H groups in total. The molecule has 0 heterocycles. The van der Waals surface area contributed by atoms with E-state index in [0.29, 0.717) is 6.42 Å². The maximum atomic E-state index is 10.2. The summed E-state index contributed by atoms with van der Waals surface area (Å²) in [6.07, 6.45) is 12.9. The number of unbranched alkanes of at least 4 members (excludes halogenated alkanes) is 10. The highest BCUT2D eigenvalue weighted by atomic mass is 16.4. The average molecular weight is 483 g/mol. The van der Waals surface area contributed by atoms with Gasteiger partial charge in [0.25, 0.3) is 0 Å². The number of carboxylic acid groups (broad SMARTS) is 2. The SMILES string of the molecule is CCC(CO)(CO)CO.O=C(O)CCCCCCCCCCC(=O)O.OCCCCCCO. The van der Waals surface area contributed by atoms with Crippen LogP contribution in [0, 0.1) is 5.41 Å². The summed E-state index contributed by atoms with van der Waals surface area (Å²) in [7, 11) is 0. The number of aliphatic hydroxyl groups excluding tert-OH is 5. The molecule has 0 aliphatic heterocycles. The molecule has 9 nitrogen and oxygen atoms in total. The highest BCUT2D eigenvalue weighted by molar-refractivity contribution is 5.66. The molecule has 0 fully saturated rings. The Morgan fingerprint density at radius 3 is 0.970 bits per heavy atom. The van der Waals surface area contributed by atoms with Crippen LogP contribution in [-0.2, 0) is 9.59 Å². The maximum Gasteiger partial charge on any atom is 0.303 e. The van der Waals surface area contributed by atoms with Crippen LogP contribution < -0.4 is 0 Å². The number of carboxylic acids is 2. The van der Waals surface area contributed by atoms with Crippen LogP contribution in [0.25, 0.3) is 0 Å². The molecule has 0 rings (SSSR count). The fourth-order valence-electron chi connectivity index (χ4n) is 2.68. The van der Waals surface area contributed by atoms with Crippen LogP contribution in [0.1, 0.15) is 103 Å². The number of hydrogen-bond acceptors (Lipinski definition) is 7. The molecule has 0 atom stereocenters. The number of aliphatic carboxylic acids is 2. The summed E-state index contributed by atoms with van der Waals surface area (Å²) < 4.78 is 0. The molecule has 0 amide bonds. The maximum absolute atomic E-state index is 10.2. The van der Waals surface area contributed by atoms with E-state index >= 15 is 0 Å². The summed E-state index contributed by atoms with van der Waals surface area (Å²) in [6, 6.07) is 0. The predicted molar refractivity (Wildman–Crippen MR) is 128 cm³/mol. The fraction of sp³-hybridized carbons (Fsp3) is 0.917. The second-order valence-electron chi connectivity index (χ2n) is 8.31. The van der Waals surface area contributed by atoms with Gasteiger partial charge in [0, 0.05) is 31.5 Å². The van der Waals surface area contributed by atoms with Gasteiger partial charge < -0.3 is 35.7 Å². The zero-order valence-electron chi connectivity index (χ0n) is 20.6. The smallest absolute Gasteiger partial charge is 0.303 e. The summed E-state index contributed by atoms with van der Waals surface area (Å²) >= 11 is 0. The van der Waals surface area contributed by atoms with Crippen molar-refractivity contribution in [2.75, 3.05) is 33.0 Å². The van der Waals surface area contributed by atoms with Crippen LogP contribution in [0.3, 0.4) is 0 Å². The van der Waals surface area contributed by atoms with E-state index in [9.17, 15) is 9.59 Å². The first-order chi connectivity index (χ1) is 15.8. The van der Waals surface area contributed by atoms with Gasteiger partial charge in [-0.3, -0.25) is 9.59 Å². The number of hydrogen-bond donors (Lipinski definition) is 7. The van der Waals surface area contributed by atoms with Crippen LogP contribution in [0.15, 0.2) is 0 Å². The molecule has 0 bridgehead atoms. The zero-order chi connectivity index (χ0) is 25.8. The van der Waals surface area contributed by atoms with Crippen molar-refractivity contribution in [2.45, 2.75) is 103 Å². The lowest BCUT2D eigenvalue weighted by Gasteiger charge is -2.24. The Bertz CT molecular complexity index is 367. The first-order valence-corrected chi connectivity index (χ1v) is 12.3. The van der Waals surface area contributed by atoms with Crippen LogP contribution in [0.2, 0.25) is 0 Å². The molecule has 0 unspecified atom stereocenters. The summed E-state index contributed by atoms with van der Waals surface area (Å²) in [6.45, 7) is 1.92. The van der Waals surface area contributed by atoms with E-state index in [1.54, 1.807) is 0 Å². The van der Waals surface area contributed by atoms with Gasteiger partial charge in [-0.1, -0.05) is 58.3 Å². The van der Waals surface area contributed by atoms with Crippen molar-refractivity contribution >= 4 is 11.9 Å². The first kappa shape index (κ1) is 36.3. The molecule has 33 heavy (non-hydrogen) atoms. The lowest BCUT2D eigenvalue weighted by Crippen LogP contribution is -2.32. The van der Waals surface area contributed by atoms with E-state index in [1.807, 2.05) is 6.92 Å². The molecule has 0 aromatic carbocycles. The molecule has 0 aliphatic carbocycles. The lowest BCUT2D eigenvalue weighted by molar-refractivity contribution is -0.138. The third kappa shape index (κ3) is 30.7. The first-order valence-electron chi connectivity index (χ1n) is 12.3. The van der Waals surface area contributed by atoms with Gasteiger partial charge in [0.1, 0.15) is 0 Å². The second kappa shape index (κ2) is 28.8. The van der Waals surface area contributed by atoms with E-state index in [1.165, 1.54) is 0 Å². The molecule has 0 saturated carbocycles. The number of rotatable bonds is 20. The van der Waals surface area contributed by atoms with Crippen molar-refractivity contribution in [1.29, 1.82) is 0 Å². The third-order valence-corrected chi connectivity index (χ3v) is 5.35. The molecule has 200 valence electrons. The van der Waals surface area contributed by atoms with Gasteiger partial charge >= 0.3 is 11.9 Å². The highest BCUT2D eigenvalue weighted by Gasteiger charge is 2.24. The van der Waals surface area contributed by atoms with Gasteiger partial charge in [-0.2, -0.15) is 0 Å². The summed E-state index contributed by atoms with van der Waals surface area (Å²) in [4.78, 5) is 20.4. The van der Waals surface area contributed by atoms with Gasteiger partial charge in [0.2, 0.25) is 0 Å². The standard InChI is InChI=1S/C12H22O4.C6H14O3.C6H14O2/c13-11(14)9-7-5-3-1-2-4-6-8-10-12(15)16;1-2-6(3-7,4-8)5-9;7-5-3-1-2-4-6-8/h1-10H2,(H,13,14)(H,15,16);7-9H,2-5H2,1H3;7-8H,1-6H2. The van der Waals surface area contributed by atoms with E-state index < -0.39 is 17.4 Å². The van der Waals surface area contributed by atoms with E-state index in [-0.39, 0.29) is 45.9 Å². The second-order valence-corrected chi connectivity index (χ2v) is 8.31. The molecule has 9 heteroatoms. The molecule has 0 spiro atoms. The van der Waals surface area contributed by atoms with Crippen molar-refractivity contribution in [3.63, 3.8) is 0 Å². The van der Waals surface area contributed by atoms with E-state index in [2.05, 4.69) is 0 Å². The summed E-state index contributed by atoms with van der Waals surface area (Å²) in [5.74, 6) is -1.43. The average Bonchev–Trinajstić information content (AvgIpc) is 2.80. The topological polar surface area (TPSA) is 176 Å². The minimum atomic E-state index is -0.714. The van der Waals surface area contributed by atoms with Crippen molar-refractivity contribution in [3.05, 3.63) is 0 Å². The van der Waals surface area contributed by atoms with Crippen LogP contribution in [0.4, 0.5) is 0 Å². The monoisotopic (exact) mass is 482 g/mol. The normalized spacial score (nSPS) is 10.6. The van der Waals surface area contributed by atoms with Crippen LogP contribution >= 0.6 is 0 Å². The molecular weight excluding hydrogens is 432 g/mol. The van der Waals surface area contributed by atoms with Gasteiger partial charge in [0.15, 0.2) is 0 Å². The molecule has 0 aromatic rings. The Morgan fingerprint density at radius 1 is 0.515 bits per heavy atom. The van der Waals surface area contributed by atoms with Gasteiger partial charge in [0.05, 0.1) is 19.8 Å². The summed E-state index contributed by atoms with van der Waals surface area (Å²) in [5, 5.41) is 59.4. The number of aliphatic hydroxyl groups is 5. The van der Waals surface area contributed by atoms with Crippen molar-refractivity contribution in [2.24, 2.45) is 5.41 Å². The van der Waals surface area contributed by atoms with E-state index in [0.717, 1.165) is 77.0 Å². The van der Waals surface area contributed by atoms with Gasteiger partial charge in [-0.05, 0) is 32.1 Å². The van der Waals surface area contributed by atoms with Crippen LogP contribution in [-0.4, -0.2) is 80.7 Å². The van der Waals surface area contributed by atoms with E-state index in [4.69, 9.17) is 35.7 Å². The van der Waals surface area contributed by atoms with Gasteiger partial charge in [-0.15, -0.1) is 0 Å². The largest absolute Gasteiger partial charge is 0.481 e. The Labute approximate surface area is 199 Å². The Hall–Kier alpha value is -1.26. The highest BCUT2D eigenvalue weighted by Crippen LogP contribution is 2.18.